The average Bonchev–Trinajstić information content (AvgIpc) is 2.79. The summed E-state index contributed by atoms with van der Waals surface area (Å²) < 4.78 is 3.19. The summed E-state index contributed by atoms with van der Waals surface area (Å²) in [6.45, 7) is 0. The Hall–Kier alpha value is -1.61. The first kappa shape index (κ1) is 7.76. The van der Waals surface area contributed by atoms with E-state index in [9.17, 15) is 0 Å². The van der Waals surface area contributed by atoms with E-state index >= 15 is 0 Å². The molecule has 0 bridgehead atoms. The molecule has 3 aromatic rings. The van der Waals surface area contributed by atoms with E-state index in [4.69, 9.17) is 0 Å². The van der Waals surface area contributed by atoms with Gasteiger partial charge in [-0.3, -0.25) is 0 Å². The molecule has 2 nitrogen and oxygen atoms in total. The third kappa shape index (κ3) is 1.06. The lowest BCUT2D eigenvalue weighted by Gasteiger charge is -2.00. The molecule has 0 saturated carbocycles. The third-order valence-electron chi connectivity index (χ3n) is 2.19. The van der Waals surface area contributed by atoms with E-state index < -0.39 is 0 Å². The van der Waals surface area contributed by atoms with Crippen LogP contribution in [0.2, 0.25) is 0 Å². The van der Waals surface area contributed by atoms with Crippen LogP contribution in [0.25, 0.3) is 15.9 Å². The lowest BCUT2D eigenvalue weighted by Crippen LogP contribution is -1.93. The van der Waals surface area contributed by atoms with E-state index in [2.05, 4.69) is 28.7 Å². The predicted molar refractivity (Wildman–Crippen MR) is 58.9 cm³/mol. The topological polar surface area (TPSA) is 17.8 Å². The van der Waals surface area contributed by atoms with Crippen molar-refractivity contribution in [3.8, 4) is 5.69 Å². The number of benzene rings is 1. The van der Waals surface area contributed by atoms with Crippen LogP contribution in [0.15, 0.2) is 48.0 Å². The summed E-state index contributed by atoms with van der Waals surface area (Å²) in [5.41, 5.74) is 2.29. The van der Waals surface area contributed by atoms with Crippen molar-refractivity contribution in [3.63, 3.8) is 0 Å². The van der Waals surface area contributed by atoms with Gasteiger partial charge in [-0.2, -0.15) is 5.10 Å². The summed E-state index contributed by atoms with van der Waals surface area (Å²) in [4.78, 5) is 0. The molecule has 14 heavy (non-hydrogen) atoms. The first-order chi connectivity index (χ1) is 6.95. The molecular weight excluding hydrogens is 192 g/mol. The van der Waals surface area contributed by atoms with Crippen LogP contribution in [0.3, 0.4) is 0 Å². The van der Waals surface area contributed by atoms with Crippen LogP contribution in [0.4, 0.5) is 0 Å². The maximum atomic E-state index is 4.35. The Morgan fingerprint density at radius 1 is 1.07 bits per heavy atom. The minimum absolute atomic E-state index is 1.11. The average molecular weight is 200 g/mol. The second kappa shape index (κ2) is 2.96. The fourth-order valence-corrected chi connectivity index (χ4v) is 2.26. The van der Waals surface area contributed by atoms with E-state index in [1.165, 1.54) is 10.2 Å². The van der Waals surface area contributed by atoms with Gasteiger partial charge in [-0.05, 0) is 23.6 Å². The summed E-state index contributed by atoms with van der Waals surface area (Å²) in [5.74, 6) is 0. The number of aromatic nitrogens is 2. The summed E-state index contributed by atoms with van der Waals surface area (Å²) in [6.07, 6.45) is 1.91. The van der Waals surface area contributed by atoms with E-state index in [-0.39, 0.29) is 0 Å². The fraction of sp³-hybridized carbons (Fsp3) is 0. The maximum Gasteiger partial charge on any atom is 0.0849 e. The highest BCUT2D eigenvalue weighted by Gasteiger charge is 2.03. The standard InChI is InChI=1S/C11H8N2S/c1-2-4-9(5-3-1)13-10-6-7-14-11(10)8-12-13/h1-8H. The lowest BCUT2D eigenvalue weighted by atomic mass is 10.3. The quantitative estimate of drug-likeness (QED) is 0.590. The normalized spacial score (nSPS) is 10.9. The highest BCUT2D eigenvalue weighted by molar-refractivity contribution is 7.17. The van der Waals surface area contributed by atoms with Crippen LogP contribution >= 0.6 is 11.3 Å². The number of rotatable bonds is 1. The van der Waals surface area contributed by atoms with Crippen LogP contribution in [0.1, 0.15) is 0 Å². The van der Waals surface area contributed by atoms with Crippen molar-refractivity contribution >= 4 is 21.6 Å². The molecule has 0 unspecified atom stereocenters. The predicted octanol–water partition coefficient (Wildman–Crippen LogP) is 3.09. The first-order valence-corrected chi connectivity index (χ1v) is 5.30. The molecule has 0 saturated heterocycles. The lowest BCUT2D eigenvalue weighted by molar-refractivity contribution is 0.911. The van der Waals surface area contributed by atoms with Gasteiger partial charge in [-0.15, -0.1) is 11.3 Å². The van der Waals surface area contributed by atoms with Crippen molar-refractivity contribution in [2.75, 3.05) is 0 Å². The molecule has 0 fully saturated rings. The van der Waals surface area contributed by atoms with Crippen molar-refractivity contribution in [1.82, 2.24) is 9.78 Å². The summed E-state index contributed by atoms with van der Waals surface area (Å²) >= 11 is 1.72. The number of hydrogen-bond acceptors (Lipinski definition) is 2. The highest BCUT2D eigenvalue weighted by Crippen LogP contribution is 2.22. The van der Waals surface area contributed by atoms with Crippen molar-refractivity contribution in [1.29, 1.82) is 0 Å². The van der Waals surface area contributed by atoms with Gasteiger partial charge in [0.1, 0.15) is 0 Å². The molecule has 3 heteroatoms. The molecule has 0 atom stereocenters. The zero-order valence-electron chi connectivity index (χ0n) is 7.42. The third-order valence-corrected chi connectivity index (χ3v) is 3.03. The van der Waals surface area contributed by atoms with Gasteiger partial charge in [0, 0.05) is 0 Å². The Kier molecular flexibility index (Phi) is 1.64. The minimum Gasteiger partial charge on any atom is -0.232 e. The number of thiophene rings is 1. The fourth-order valence-electron chi connectivity index (χ4n) is 1.53. The van der Waals surface area contributed by atoms with Crippen LogP contribution < -0.4 is 0 Å². The molecule has 68 valence electrons. The Balaban J connectivity index is 2.28. The van der Waals surface area contributed by atoms with Gasteiger partial charge >= 0.3 is 0 Å². The molecule has 2 heterocycles. The molecule has 2 aromatic heterocycles. The molecule has 0 aliphatic heterocycles. The van der Waals surface area contributed by atoms with Crippen molar-refractivity contribution in [2.24, 2.45) is 0 Å². The van der Waals surface area contributed by atoms with Crippen molar-refractivity contribution in [3.05, 3.63) is 48.0 Å². The van der Waals surface area contributed by atoms with Crippen LogP contribution in [0, 0.1) is 0 Å². The number of para-hydroxylation sites is 1. The maximum absolute atomic E-state index is 4.35. The van der Waals surface area contributed by atoms with E-state index in [1.807, 2.05) is 29.1 Å². The van der Waals surface area contributed by atoms with Crippen molar-refractivity contribution < 1.29 is 0 Å². The molecule has 0 aliphatic rings. The van der Waals surface area contributed by atoms with Crippen molar-refractivity contribution in [2.45, 2.75) is 0 Å². The zero-order valence-corrected chi connectivity index (χ0v) is 8.24. The second-order valence-corrected chi connectivity index (χ2v) is 4.01. The molecule has 0 amide bonds. The Labute approximate surface area is 85.4 Å². The molecule has 0 radical (unpaired) electrons. The van der Waals surface area contributed by atoms with Crippen LogP contribution in [-0.2, 0) is 0 Å². The van der Waals surface area contributed by atoms with E-state index in [1.54, 1.807) is 11.3 Å². The van der Waals surface area contributed by atoms with Crippen LogP contribution in [0.5, 0.6) is 0 Å². The molecule has 1 aromatic carbocycles. The van der Waals surface area contributed by atoms with Gasteiger partial charge in [-0.1, -0.05) is 18.2 Å². The Bertz CT molecular complexity index is 551. The molecule has 3 rings (SSSR count). The summed E-state index contributed by atoms with van der Waals surface area (Å²) in [5, 5.41) is 6.44. The monoisotopic (exact) mass is 200 g/mol. The summed E-state index contributed by atoms with van der Waals surface area (Å²) in [7, 11) is 0. The number of nitrogens with zero attached hydrogens (tertiary/aromatic N) is 2. The Morgan fingerprint density at radius 3 is 2.79 bits per heavy atom. The molecule has 0 N–H and O–H groups in total. The van der Waals surface area contributed by atoms with E-state index in [0.717, 1.165) is 5.69 Å². The molecule has 0 spiro atoms. The number of fused-ring (bicyclic) bond motifs is 1. The smallest absolute Gasteiger partial charge is 0.0849 e. The minimum atomic E-state index is 1.11. The summed E-state index contributed by atoms with van der Waals surface area (Å²) in [6, 6.07) is 12.3. The van der Waals surface area contributed by atoms with E-state index in [0.29, 0.717) is 0 Å². The van der Waals surface area contributed by atoms with Gasteiger partial charge in [0.15, 0.2) is 0 Å². The van der Waals surface area contributed by atoms with Gasteiger partial charge in [0.05, 0.1) is 22.1 Å². The van der Waals surface area contributed by atoms with Gasteiger partial charge in [0.2, 0.25) is 0 Å². The van der Waals surface area contributed by atoms with Gasteiger partial charge in [-0.25, -0.2) is 4.68 Å². The second-order valence-electron chi connectivity index (χ2n) is 3.06. The Morgan fingerprint density at radius 2 is 1.93 bits per heavy atom. The van der Waals surface area contributed by atoms with Crippen LogP contribution in [-0.4, -0.2) is 9.78 Å². The molecule has 0 aliphatic carbocycles. The van der Waals surface area contributed by atoms with Gasteiger partial charge < -0.3 is 0 Å². The number of hydrogen-bond donors (Lipinski definition) is 0. The first-order valence-electron chi connectivity index (χ1n) is 4.42. The largest absolute Gasteiger partial charge is 0.232 e. The highest BCUT2D eigenvalue weighted by atomic mass is 32.1. The van der Waals surface area contributed by atoms with Gasteiger partial charge in [0.25, 0.3) is 0 Å². The SMILES string of the molecule is c1ccc(-n2ncc3sccc32)cc1. The molecular formula is C11H8N2S. The zero-order chi connectivity index (χ0) is 9.38.